The van der Waals surface area contributed by atoms with Crippen molar-refractivity contribution < 1.29 is 8.42 Å². The predicted octanol–water partition coefficient (Wildman–Crippen LogP) is 0.188. The molecule has 1 unspecified atom stereocenters. The van der Waals surface area contributed by atoms with Crippen LogP contribution in [0.2, 0.25) is 0 Å². The zero-order chi connectivity index (χ0) is 13.3. The number of nitrogens with two attached hydrogens (primary N) is 1. The van der Waals surface area contributed by atoms with E-state index in [1.165, 1.54) is 0 Å². The summed E-state index contributed by atoms with van der Waals surface area (Å²) in [7, 11) is -2.93. The van der Waals surface area contributed by atoms with Crippen molar-refractivity contribution in [3.05, 3.63) is 22.8 Å². The van der Waals surface area contributed by atoms with Gasteiger partial charge in [0, 0.05) is 30.3 Å². The Morgan fingerprint density at radius 3 is 2.61 bits per heavy atom. The fraction of sp³-hybridized carbons (Fsp3) is 0.667. The summed E-state index contributed by atoms with van der Waals surface area (Å²) in [5.41, 5.74) is 8.54. The molecule has 0 radical (unpaired) electrons. The van der Waals surface area contributed by atoms with Gasteiger partial charge >= 0.3 is 0 Å². The Hall–Kier alpha value is -1.01. The van der Waals surface area contributed by atoms with E-state index in [2.05, 4.69) is 9.97 Å². The van der Waals surface area contributed by atoms with Gasteiger partial charge in [-0.25, -0.2) is 18.4 Å². The second-order valence-electron chi connectivity index (χ2n) is 4.98. The summed E-state index contributed by atoms with van der Waals surface area (Å²) in [5.74, 6) is 1.12. The summed E-state index contributed by atoms with van der Waals surface area (Å²) in [4.78, 5) is 8.91. The van der Waals surface area contributed by atoms with E-state index in [0.717, 1.165) is 22.8 Å². The minimum Gasteiger partial charge on any atom is -0.328 e. The number of fused-ring (bicyclic) bond motifs is 1. The largest absolute Gasteiger partial charge is 0.328 e. The van der Waals surface area contributed by atoms with Crippen LogP contribution in [0.5, 0.6) is 0 Å². The van der Waals surface area contributed by atoms with Crippen LogP contribution < -0.4 is 5.73 Å². The van der Waals surface area contributed by atoms with E-state index in [9.17, 15) is 8.42 Å². The monoisotopic (exact) mass is 269 g/mol. The van der Waals surface area contributed by atoms with Gasteiger partial charge in [0.15, 0.2) is 9.84 Å². The second kappa shape index (κ2) is 4.93. The third-order valence-electron chi connectivity index (χ3n) is 3.16. The van der Waals surface area contributed by atoms with E-state index in [1.54, 1.807) is 0 Å². The van der Waals surface area contributed by atoms with Crippen LogP contribution >= 0.6 is 0 Å². The summed E-state index contributed by atoms with van der Waals surface area (Å²) in [6.07, 6.45) is 1.65. The average Bonchev–Trinajstić information content (AvgIpc) is 2.37. The molecule has 1 aliphatic rings. The fourth-order valence-corrected chi connectivity index (χ4v) is 3.46. The lowest BCUT2D eigenvalue weighted by atomic mass is 10.1. The highest BCUT2D eigenvalue weighted by Crippen LogP contribution is 2.18. The first-order valence-electron chi connectivity index (χ1n) is 6.18. The van der Waals surface area contributed by atoms with Crippen LogP contribution in [0.25, 0.3) is 0 Å². The maximum atomic E-state index is 11.6. The van der Waals surface area contributed by atoms with Crippen molar-refractivity contribution in [3.63, 3.8) is 0 Å². The third-order valence-corrected chi connectivity index (χ3v) is 4.82. The van der Waals surface area contributed by atoms with E-state index in [1.807, 2.05) is 13.8 Å². The first-order chi connectivity index (χ1) is 8.37. The first kappa shape index (κ1) is 13.4. The van der Waals surface area contributed by atoms with Crippen LogP contribution in [0.4, 0.5) is 0 Å². The summed E-state index contributed by atoms with van der Waals surface area (Å²) >= 11 is 0. The van der Waals surface area contributed by atoms with Gasteiger partial charge in [-0.3, -0.25) is 0 Å². The topological polar surface area (TPSA) is 85.9 Å². The van der Waals surface area contributed by atoms with Crippen molar-refractivity contribution in [1.29, 1.82) is 0 Å². The molecule has 0 fully saturated rings. The lowest BCUT2D eigenvalue weighted by Gasteiger charge is -2.11. The molecule has 1 aliphatic heterocycles. The minimum absolute atomic E-state index is 0.0111. The Labute approximate surface area is 108 Å². The maximum absolute atomic E-state index is 11.6. The Balaban J connectivity index is 2.36. The molecule has 0 aromatic carbocycles. The molecule has 100 valence electrons. The van der Waals surface area contributed by atoms with Gasteiger partial charge in [0.05, 0.1) is 11.5 Å². The molecule has 6 heteroatoms. The minimum atomic E-state index is -2.93. The molecule has 0 spiro atoms. The zero-order valence-electron chi connectivity index (χ0n) is 10.8. The lowest BCUT2D eigenvalue weighted by Crippen LogP contribution is -2.20. The molecule has 2 rings (SSSR count). The average molecular weight is 269 g/mol. The lowest BCUT2D eigenvalue weighted by molar-refractivity contribution is 0.596. The zero-order valence-corrected chi connectivity index (χ0v) is 11.6. The van der Waals surface area contributed by atoms with E-state index in [4.69, 9.17) is 5.73 Å². The standard InChI is InChI=1S/C12H19N3O2S/c1-8(13)7-12-14-9(2)10-3-5-18(16,17)6-4-11(10)15-12/h8H,3-7,13H2,1-2H3. The summed E-state index contributed by atoms with van der Waals surface area (Å²) < 4.78 is 23.3. The number of hydrogen-bond donors (Lipinski definition) is 1. The molecule has 0 bridgehead atoms. The number of sulfone groups is 1. The molecular formula is C12H19N3O2S. The number of hydrogen-bond acceptors (Lipinski definition) is 5. The molecule has 0 amide bonds. The Kier molecular flexibility index (Phi) is 3.68. The van der Waals surface area contributed by atoms with E-state index in [-0.39, 0.29) is 17.5 Å². The molecule has 18 heavy (non-hydrogen) atoms. The number of aromatic nitrogens is 2. The predicted molar refractivity (Wildman–Crippen MR) is 70.2 cm³/mol. The first-order valence-corrected chi connectivity index (χ1v) is 8.01. The van der Waals surface area contributed by atoms with Crippen molar-refractivity contribution in [3.8, 4) is 0 Å². The van der Waals surface area contributed by atoms with Gasteiger partial charge in [0.2, 0.25) is 0 Å². The number of nitrogens with zero attached hydrogens (tertiary/aromatic N) is 2. The molecule has 2 N–H and O–H groups in total. The summed E-state index contributed by atoms with van der Waals surface area (Å²) in [6, 6.07) is 0.0111. The van der Waals surface area contributed by atoms with Gasteiger partial charge in [0.1, 0.15) is 5.82 Å². The SMILES string of the molecule is Cc1nc(CC(C)N)nc2c1CCS(=O)(=O)CC2. The molecule has 1 atom stereocenters. The molecule has 0 aliphatic carbocycles. The van der Waals surface area contributed by atoms with E-state index in [0.29, 0.717) is 19.3 Å². The number of aryl methyl sites for hydroxylation is 2. The van der Waals surface area contributed by atoms with Crippen molar-refractivity contribution in [2.45, 2.75) is 39.2 Å². The number of rotatable bonds is 2. The highest BCUT2D eigenvalue weighted by atomic mass is 32.2. The van der Waals surface area contributed by atoms with E-state index < -0.39 is 9.84 Å². The molecule has 1 aromatic heterocycles. The van der Waals surface area contributed by atoms with Crippen LogP contribution in [0.3, 0.4) is 0 Å². The third kappa shape index (κ3) is 3.05. The van der Waals surface area contributed by atoms with Gasteiger partial charge in [-0.15, -0.1) is 0 Å². The Morgan fingerprint density at radius 1 is 1.28 bits per heavy atom. The molecule has 1 aromatic rings. The summed E-state index contributed by atoms with van der Waals surface area (Å²) in [5, 5.41) is 0. The van der Waals surface area contributed by atoms with Crippen molar-refractivity contribution in [2.75, 3.05) is 11.5 Å². The quantitative estimate of drug-likeness (QED) is 0.828. The molecular weight excluding hydrogens is 250 g/mol. The smallest absolute Gasteiger partial charge is 0.151 e. The Morgan fingerprint density at radius 2 is 1.94 bits per heavy atom. The van der Waals surface area contributed by atoms with Crippen LogP contribution in [0.15, 0.2) is 0 Å². The van der Waals surface area contributed by atoms with E-state index >= 15 is 0 Å². The van der Waals surface area contributed by atoms with Crippen LogP contribution in [0, 0.1) is 6.92 Å². The van der Waals surface area contributed by atoms with Gasteiger partial charge < -0.3 is 5.73 Å². The second-order valence-corrected chi connectivity index (χ2v) is 7.29. The Bertz CT molecular complexity index is 553. The maximum Gasteiger partial charge on any atom is 0.151 e. The van der Waals surface area contributed by atoms with Gasteiger partial charge in [-0.2, -0.15) is 0 Å². The van der Waals surface area contributed by atoms with Crippen molar-refractivity contribution >= 4 is 9.84 Å². The van der Waals surface area contributed by atoms with Crippen LogP contribution in [-0.2, 0) is 29.1 Å². The normalized spacial score (nSPS) is 19.9. The van der Waals surface area contributed by atoms with Crippen molar-refractivity contribution in [1.82, 2.24) is 9.97 Å². The van der Waals surface area contributed by atoms with Crippen molar-refractivity contribution in [2.24, 2.45) is 5.73 Å². The van der Waals surface area contributed by atoms with Crippen LogP contribution in [0.1, 0.15) is 29.7 Å². The fourth-order valence-electron chi connectivity index (χ4n) is 2.24. The molecule has 0 saturated heterocycles. The highest BCUT2D eigenvalue weighted by Gasteiger charge is 2.22. The molecule has 5 nitrogen and oxygen atoms in total. The highest BCUT2D eigenvalue weighted by molar-refractivity contribution is 7.91. The van der Waals surface area contributed by atoms with Gasteiger partial charge in [-0.05, 0) is 25.8 Å². The van der Waals surface area contributed by atoms with Crippen LogP contribution in [-0.4, -0.2) is 35.9 Å². The summed E-state index contributed by atoms with van der Waals surface area (Å²) in [6.45, 7) is 3.83. The molecule has 2 heterocycles. The van der Waals surface area contributed by atoms with Gasteiger partial charge in [0.25, 0.3) is 0 Å². The molecule has 0 saturated carbocycles. The van der Waals surface area contributed by atoms with Gasteiger partial charge in [-0.1, -0.05) is 0 Å².